The van der Waals surface area contributed by atoms with Gasteiger partial charge in [-0.3, -0.25) is 0 Å². The first-order valence-corrected chi connectivity index (χ1v) is 8.03. The Morgan fingerprint density at radius 2 is 2.00 bits per heavy atom. The standard InChI is InChI=1S/C13H18N4O3S/c1-10(14-2)11-3-5-12(6-4-11)21(18,19)17-8-7-13-15-9-16-20-13/h3-6,9-10,14,17H,7-8H2,1-2H3. The highest BCUT2D eigenvalue weighted by Crippen LogP contribution is 2.15. The molecule has 0 fully saturated rings. The molecule has 2 aromatic rings. The minimum atomic E-state index is -3.52. The Morgan fingerprint density at radius 3 is 2.57 bits per heavy atom. The van der Waals surface area contributed by atoms with Gasteiger partial charge in [-0.25, -0.2) is 13.1 Å². The van der Waals surface area contributed by atoms with Crippen molar-refractivity contribution in [2.45, 2.75) is 24.3 Å². The minimum Gasteiger partial charge on any atom is -0.340 e. The van der Waals surface area contributed by atoms with E-state index in [-0.39, 0.29) is 17.5 Å². The van der Waals surface area contributed by atoms with E-state index in [1.54, 1.807) is 24.3 Å². The van der Waals surface area contributed by atoms with Gasteiger partial charge in [0.25, 0.3) is 0 Å². The van der Waals surface area contributed by atoms with Crippen LogP contribution in [0, 0.1) is 0 Å². The number of rotatable bonds is 7. The molecular weight excluding hydrogens is 292 g/mol. The number of sulfonamides is 1. The van der Waals surface area contributed by atoms with Gasteiger partial charge in [0.15, 0.2) is 6.33 Å². The molecule has 0 saturated heterocycles. The SMILES string of the molecule is CNC(C)c1ccc(S(=O)(=O)NCCc2ncno2)cc1. The number of nitrogens with one attached hydrogen (secondary N) is 2. The molecule has 0 spiro atoms. The fraction of sp³-hybridized carbons (Fsp3) is 0.385. The molecule has 1 aromatic carbocycles. The topological polar surface area (TPSA) is 97.1 Å². The molecule has 1 unspecified atom stereocenters. The van der Waals surface area contributed by atoms with E-state index in [9.17, 15) is 8.42 Å². The Morgan fingerprint density at radius 1 is 1.29 bits per heavy atom. The summed E-state index contributed by atoms with van der Waals surface area (Å²) in [7, 11) is -1.67. The lowest BCUT2D eigenvalue weighted by molar-refractivity contribution is 0.377. The van der Waals surface area contributed by atoms with Crippen LogP contribution in [0.25, 0.3) is 0 Å². The van der Waals surface area contributed by atoms with E-state index >= 15 is 0 Å². The summed E-state index contributed by atoms with van der Waals surface area (Å²) in [6.07, 6.45) is 1.64. The van der Waals surface area contributed by atoms with Crippen molar-refractivity contribution in [3.63, 3.8) is 0 Å². The van der Waals surface area contributed by atoms with Crippen LogP contribution in [0.4, 0.5) is 0 Å². The van der Waals surface area contributed by atoms with Gasteiger partial charge in [0, 0.05) is 19.0 Å². The largest absolute Gasteiger partial charge is 0.340 e. The maximum absolute atomic E-state index is 12.1. The van der Waals surface area contributed by atoms with Crippen LogP contribution in [0.2, 0.25) is 0 Å². The summed E-state index contributed by atoms with van der Waals surface area (Å²) in [5, 5.41) is 6.56. The smallest absolute Gasteiger partial charge is 0.240 e. The zero-order valence-corrected chi connectivity index (χ0v) is 12.7. The molecule has 0 aliphatic rings. The fourth-order valence-electron chi connectivity index (χ4n) is 1.78. The summed E-state index contributed by atoms with van der Waals surface area (Å²) >= 11 is 0. The highest BCUT2D eigenvalue weighted by Gasteiger charge is 2.14. The molecule has 0 amide bonds. The lowest BCUT2D eigenvalue weighted by atomic mass is 10.1. The van der Waals surface area contributed by atoms with E-state index < -0.39 is 10.0 Å². The van der Waals surface area contributed by atoms with Gasteiger partial charge in [0.1, 0.15) is 0 Å². The number of nitrogens with zero attached hydrogens (tertiary/aromatic N) is 2. The van der Waals surface area contributed by atoms with E-state index in [0.29, 0.717) is 12.3 Å². The molecule has 8 heteroatoms. The first-order chi connectivity index (χ1) is 10.0. The first-order valence-electron chi connectivity index (χ1n) is 6.55. The second-order valence-corrected chi connectivity index (χ2v) is 6.33. The third-order valence-electron chi connectivity index (χ3n) is 3.16. The number of hydrogen-bond donors (Lipinski definition) is 2. The van der Waals surface area contributed by atoms with Gasteiger partial charge in [0.05, 0.1) is 4.90 Å². The van der Waals surface area contributed by atoms with Gasteiger partial charge in [-0.15, -0.1) is 0 Å². The Labute approximate surface area is 123 Å². The average Bonchev–Trinajstić information content (AvgIpc) is 2.99. The molecule has 114 valence electrons. The predicted octanol–water partition coefficient (Wildman–Crippen LogP) is 0.871. The van der Waals surface area contributed by atoms with Crippen molar-refractivity contribution in [3.05, 3.63) is 42.0 Å². The Balaban J connectivity index is 1.98. The normalized spacial score (nSPS) is 13.2. The van der Waals surface area contributed by atoms with Crippen molar-refractivity contribution >= 4 is 10.0 Å². The van der Waals surface area contributed by atoms with Crippen LogP contribution in [-0.4, -0.2) is 32.2 Å². The molecule has 0 aliphatic carbocycles. The van der Waals surface area contributed by atoms with Crippen molar-refractivity contribution in [3.8, 4) is 0 Å². The number of benzene rings is 1. The van der Waals surface area contributed by atoms with E-state index in [2.05, 4.69) is 20.2 Å². The summed E-state index contributed by atoms with van der Waals surface area (Å²) in [6, 6.07) is 6.96. The van der Waals surface area contributed by atoms with Crippen LogP contribution < -0.4 is 10.0 Å². The van der Waals surface area contributed by atoms with Crippen LogP contribution in [0.3, 0.4) is 0 Å². The second-order valence-electron chi connectivity index (χ2n) is 4.56. The molecular formula is C13H18N4O3S. The van der Waals surface area contributed by atoms with Crippen LogP contribution >= 0.6 is 0 Å². The van der Waals surface area contributed by atoms with Crippen LogP contribution in [0.15, 0.2) is 40.0 Å². The van der Waals surface area contributed by atoms with Gasteiger partial charge < -0.3 is 9.84 Å². The number of hydrogen-bond acceptors (Lipinski definition) is 6. The summed E-state index contributed by atoms with van der Waals surface area (Å²) in [6.45, 7) is 2.21. The average molecular weight is 310 g/mol. The predicted molar refractivity (Wildman–Crippen MR) is 77.1 cm³/mol. The molecule has 2 rings (SSSR count). The van der Waals surface area contributed by atoms with Gasteiger partial charge >= 0.3 is 0 Å². The zero-order valence-electron chi connectivity index (χ0n) is 11.9. The number of aromatic nitrogens is 2. The first kappa shape index (κ1) is 15.6. The monoisotopic (exact) mass is 310 g/mol. The fourth-order valence-corrected chi connectivity index (χ4v) is 2.82. The molecule has 0 bridgehead atoms. The molecule has 1 atom stereocenters. The Kier molecular flexibility index (Phi) is 5.05. The third-order valence-corrected chi connectivity index (χ3v) is 4.64. The molecule has 0 radical (unpaired) electrons. The van der Waals surface area contributed by atoms with Crippen LogP contribution in [0.1, 0.15) is 24.4 Å². The molecule has 2 N–H and O–H groups in total. The van der Waals surface area contributed by atoms with E-state index in [1.165, 1.54) is 6.33 Å². The third kappa shape index (κ3) is 4.10. The van der Waals surface area contributed by atoms with Crippen molar-refractivity contribution in [1.82, 2.24) is 20.2 Å². The van der Waals surface area contributed by atoms with Crippen LogP contribution in [-0.2, 0) is 16.4 Å². The molecule has 0 saturated carbocycles. The van der Waals surface area contributed by atoms with Gasteiger partial charge in [-0.2, -0.15) is 4.98 Å². The quantitative estimate of drug-likeness (QED) is 0.787. The zero-order chi connectivity index (χ0) is 15.3. The summed E-state index contributed by atoms with van der Waals surface area (Å²) in [4.78, 5) is 4.07. The molecule has 21 heavy (non-hydrogen) atoms. The second kappa shape index (κ2) is 6.79. The lowest BCUT2D eigenvalue weighted by Crippen LogP contribution is -2.26. The van der Waals surface area contributed by atoms with Crippen molar-refractivity contribution in [2.24, 2.45) is 0 Å². The van der Waals surface area contributed by atoms with E-state index in [1.807, 2.05) is 14.0 Å². The minimum absolute atomic E-state index is 0.173. The van der Waals surface area contributed by atoms with Gasteiger partial charge in [-0.05, 0) is 31.7 Å². The summed E-state index contributed by atoms with van der Waals surface area (Å²) in [5.41, 5.74) is 1.03. The molecule has 1 heterocycles. The lowest BCUT2D eigenvalue weighted by Gasteiger charge is -2.11. The van der Waals surface area contributed by atoms with E-state index in [4.69, 9.17) is 4.52 Å². The molecule has 1 aromatic heterocycles. The Hall–Kier alpha value is -1.77. The van der Waals surface area contributed by atoms with Crippen molar-refractivity contribution in [1.29, 1.82) is 0 Å². The Bertz CT molecular complexity index is 653. The summed E-state index contributed by atoms with van der Waals surface area (Å²) in [5.74, 6) is 0.399. The highest BCUT2D eigenvalue weighted by atomic mass is 32.2. The molecule has 0 aliphatic heterocycles. The van der Waals surface area contributed by atoms with E-state index in [0.717, 1.165) is 5.56 Å². The highest BCUT2D eigenvalue weighted by molar-refractivity contribution is 7.89. The maximum Gasteiger partial charge on any atom is 0.240 e. The van der Waals surface area contributed by atoms with Crippen molar-refractivity contribution in [2.75, 3.05) is 13.6 Å². The van der Waals surface area contributed by atoms with Crippen LogP contribution in [0.5, 0.6) is 0 Å². The summed E-state index contributed by atoms with van der Waals surface area (Å²) < 4.78 is 31.5. The molecule has 7 nitrogen and oxygen atoms in total. The van der Waals surface area contributed by atoms with Gasteiger partial charge in [-0.1, -0.05) is 17.3 Å². The maximum atomic E-state index is 12.1. The van der Waals surface area contributed by atoms with Crippen molar-refractivity contribution < 1.29 is 12.9 Å². The van der Waals surface area contributed by atoms with Gasteiger partial charge in [0.2, 0.25) is 15.9 Å².